The van der Waals surface area contributed by atoms with E-state index in [-0.39, 0.29) is 50.1 Å². The van der Waals surface area contributed by atoms with Gasteiger partial charge in [0.1, 0.15) is 17.1 Å². The van der Waals surface area contributed by atoms with Crippen LogP contribution < -0.4 is 15.0 Å². The maximum atomic E-state index is 16.8. The molecule has 246 valence electrons. The second-order valence-corrected chi connectivity index (χ2v) is 14.5. The molecule has 1 spiro atoms. The summed E-state index contributed by atoms with van der Waals surface area (Å²) in [7, 11) is 0. The molecule has 3 aliphatic heterocycles. The number of ether oxygens (including phenoxy) is 2. The molecular weight excluding hydrogens is 607 g/mol. The highest BCUT2D eigenvalue weighted by atomic mass is 19.2. The van der Waals surface area contributed by atoms with Crippen LogP contribution in [0.4, 0.5) is 19.0 Å². The zero-order chi connectivity index (χ0) is 31.9. The zero-order valence-electron chi connectivity index (χ0n) is 26.2. The molecule has 8 nitrogen and oxygen atoms in total. The van der Waals surface area contributed by atoms with Crippen molar-refractivity contribution in [2.75, 3.05) is 50.9 Å². The lowest BCUT2D eigenvalue weighted by atomic mass is 9.74. The lowest BCUT2D eigenvalue weighted by molar-refractivity contribution is -0.115. The Kier molecular flexibility index (Phi) is 6.85. The number of halogens is 3. The molecule has 2 N–H and O–H groups in total. The number of phenolic OH excluding ortho intramolecular Hbond substituents is 1. The van der Waals surface area contributed by atoms with Crippen molar-refractivity contribution in [2.45, 2.75) is 62.6 Å². The van der Waals surface area contributed by atoms with Crippen molar-refractivity contribution in [3.63, 3.8) is 0 Å². The normalized spacial score (nSPS) is 24.6. The molecule has 5 fully saturated rings. The Morgan fingerprint density at radius 2 is 1.77 bits per heavy atom. The minimum atomic E-state index is -1.10. The summed E-state index contributed by atoms with van der Waals surface area (Å²) in [4.78, 5) is 14.3. The SMILES string of the molecule is Oc1cc(-c2ccc3c(N4CC5CCC(C4)N5)nc(OCC4(CN5CCOCC56CCC6)CC4)nc3c2F)c2c(F)c(F)ccc2c1. The fourth-order valence-electron chi connectivity index (χ4n) is 8.41. The van der Waals surface area contributed by atoms with E-state index in [0.717, 1.165) is 71.1 Å². The average molecular weight is 646 g/mol. The van der Waals surface area contributed by atoms with E-state index in [9.17, 15) is 9.50 Å². The van der Waals surface area contributed by atoms with Crippen LogP contribution in [0.1, 0.15) is 44.9 Å². The van der Waals surface area contributed by atoms with Gasteiger partial charge in [0.25, 0.3) is 0 Å². The summed E-state index contributed by atoms with van der Waals surface area (Å²) in [5.74, 6) is -2.42. The molecule has 11 heteroatoms. The van der Waals surface area contributed by atoms with Crippen molar-refractivity contribution < 1.29 is 27.8 Å². The molecule has 2 bridgehead atoms. The third kappa shape index (κ3) is 5.00. The summed E-state index contributed by atoms with van der Waals surface area (Å²) in [5, 5.41) is 14.8. The second-order valence-electron chi connectivity index (χ2n) is 14.5. The first kappa shape index (κ1) is 29.5. The van der Waals surface area contributed by atoms with E-state index in [1.807, 2.05) is 0 Å². The fourth-order valence-corrected chi connectivity index (χ4v) is 8.41. The standard InChI is InChI=1S/C36H38F3N5O3/c37-28-7-2-21-14-24(45)15-27(29(21)31(28)39)25-5-6-26-32(30(25)38)41-34(42-33(26)43-16-22-3-4-23(17-43)40-22)47-19-35(10-11-35)18-44-12-13-46-20-36(44)8-1-9-36/h2,5-7,14-15,22-23,40,45H,1,3-4,8-13,16-20H2. The van der Waals surface area contributed by atoms with Crippen molar-refractivity contribution in [1.29, 1.82) is 0 Å². The Morgan fingerprint density at radius 3 is 2.51 bits per heavy atom. The summed E-state index contributed by atoms with van der Waals surface area (Å²) < 4.78 is 58.6. The highest BCUT2D eigenvalue weighted by Gasteiger charge is 2.52. The van der Waals surface area contributed by atoms with E-state index in [1.165, 1.54) is 43.5 Å². The van der Waals surface area contributed by atoms with Crippen LogP contribution >= 0.6 is 0 Å². The molecule has 1 aromatic heterocycles. The summed E-state index contributed by atoms with van der Waals surface area (Å²) in [6.45, 7) is 5.29. The van der Waals surface area contributed by atoms with Gasteiger partial charge in [-0.05, 0) is 80.2 Å². The van der Waals surface area contributed by atoms with Crippen molar-refractivity contribution in [1.82, 2.24) is 20.2 Å². The molecule has 3 saturated heterocycles. The molecule has 47 heavy (non-hydrogen) atoms. The smallest absolute Gasteiger partial charge is 0.319 e. The van der Waals surface area contributed by atoms with Crippen LogP contribution in [-0.4, -0.2) is 83.6 Å². The largest absolute Gasteiger partial charge is 0.508 e. The van der Waals surface area contributed by atoms with Crippen LogP contribution in [0.15, 0.2) is 36.4 Å². The van der Waals surface area contributed by atoms with Gasteiger partial charge in [-0.15, -0.1) is 0 Å². The third-order valence-electron chi connectivity index (χ3n) is 11.4. The number of aromatic hydroxyl groups is 1. The lowest BCUT2D eigenvalue weighted by Crippen LogP contribution is -2.62. The van der Waals surface area contributed by atoms with Crippen LogP contribution in [0.5, 0.6) is 11.8 Å². The van der Waals surface area contributed by atoms with E-state index in [4.69, 9.17) is 14.5 Å². The number of nitrogens with zero attached hydrogens (tertiary/aromatic N) is 4. The van der Waals surface area contributed by atoms with E-state index >= 15 is 8.78 Å². The Labute approximate surface area is 270 Å². The van der Waals surface area contributed by atoms with Gasteiger partial charge in [-0.2, -0.15) is 9.97 Å². The molecule has 2 atom stereocenters. The molecule has 2 saturated carbocycles. The minimum absolute atomic E-state index is 0.00492. The Bertz CT molecular complexity index is 1890. The van der Waals surface area contributed by atoms with Gasteiger partial charge in [-0.1, -0.05) is 12.1 Å². The summed E-state index contributed by atoms with van der Waals surface area (Å²) in [5.41, 5.74) is 0.255. The molecule has 2 unspecified atom stereocenters. The number of piperazine rings is 1. The number of rotatable bonds is 7. The summed E-state index contributed by atoms with van der Waals surface area (Å²) >= 11 is 0. The fraction of sp³-hybridized carbons (Fsp3) is 0.500. The predicted molar refractivity (Wildman–Crippen MR) is 172 cm³/mol. The number of nitrogens with one attached hydrogen (secondary N) is 1. The van der Waals surface area contributed by atoms with Gasteiger partial charge >= 0.3 is 6.01 Å². The number of hydrogen-bond donors (Lipinski definition) is 2. The highest BCUT2D eigenvalue weighted by Crippen LogP contribution is 2.50. The van der Waals surface area contributed by atoms with Gasteiger partial charge < -0.3 is 24.8 Å². The van der Waals surface area contributed by atoms with E-state index in [1.54, 1.807) is 6.07 Å². The molecule has 3 aromatic carbocycles. The van der Waals surface area contributed by atoms with E-state index in [0.29, 0.717) is 29.9 Å². The number of hydrogen-bond acceptors (Lipinski definition) is 8. The lowest BCUT2D eigenvalue weighted by Gasteiger charge is -2.53. The van der Waals surface area contributed by atoms with Crippen molar-refractivity contribution in [3.8, 4) is 22.9 Å². The van der Waals surface area contributed by atoms with Gasteiger partial charge in [0.05, 0.1) is 19.8 Å². The first-order chi connectivity index (χ1) is 22.8. The molecular formula is C36H38F3N5O3. The number of phenols is 1. The predicted octanol–water partition coefficient (Wildman–Crippen LogP) is 5.93. The molecule has 4 heterocycles. The monoisotopic (exact) mass is 645 g/mol. The first-order valence-corrected chi connectivity index (χ1v) is 16.9. The summed E-state index contributed by atoms with van der Waals surface area (Å²) in [6, 6.07) is 9.01. The average Bonchev–Trinajstić information content (AvgIpc) is 3.74. The van der Waals surface area contributed by atoms with Crippen LogP contribution in [0, 0.1) is 22.9 Å². The van der Waals surface area contributed by atoms with Crippen LogP contribution in [-0.2, 0) is 4.74 Å². The van der Waals surface area contributed by atoms with Crippen molar-refractivity contribution in [3.05, 3.63) is 53.8 Å². The van der Waals surface area contributed by atoms with Gasteiger partial charge in [0, 0.05) is 65.6 Å². The minimum Gasteiger partial charge on any atom is -0.508 e. The maximum Gasteiger partial charge on any atom is 0.319 e. The van der Waals surface area contributed by atoms with E-state index in [2.05, 4.69) is 20.1 Å². The van der Waals surface area contributed by atoms with Gasteiger partial charge in [-0.25, -0.2) is 13.2 Å². The number of morpholine rings is 1. The topological polar surface area (TPSA) is 83.0 Å². The quantitative estimate of drug-likeness (QED) is 0.256. The number of aromatic nitrogens is 2. The zero-order valence-corrected chi connectivity index (χ0v) is 26.2. The number of benzene rings is 3. The van der Waals surface area contributed by atoms with Crippen molar-refractivity contribution in [2.24, 2.45) is 5.41 Å². The Balaban J connectivity index is 1.10. The Morgan fingerprint density at radius 1 is 0.957 bits per heavy atom. The summed E-state index contributed by atoms with van der Waals surface area (Å²) in [6.07, 6.45) is 7.81. The number of fused-ring (bicyclic) bond motifs is 4. The van der Waals surface area contributed by atoms with Crippen LogP contribution in [0.3, 0.4) is 0 Å². The molecule has 2 aliphatic carbocycles. The second kappa shape index (κ2) is 10.9. The molecule has 0 amide bonds. The number of anilines is 1. The van der Waals surface area contributed by atoms with Gasteiger partial charge in [0.15, 0.2) is 17.5 Å². The van der Waals surface area contributed by atoms with E-state index < -0.39 is 17.5 Å². The van der Waals surface area contributed by atoms with Crippen LogP contribution in [0.2, 0.25) is 0 Å². The molecule has 5 aliphatic rings. The molecule has 9 rings (SSSR count). The Hall–Kier alpha value is -3.67. The third-order valence-corrected chi connectivity index (χ3v) is 11.4. The maximum absolute atomic E-state index is 16.8. The van der Waals surface area contributed by atoms with Gasteiger partial charge in [0.2, 0.25) is 0 Å². The van der Waals surface area contributed by atoms with Gasteiger partial charge in [-0.3, -0.25) is 4.90 Å². The van der Waals surface area contributed by atoms with Crippen molar-refractivity contribution >= 4 is 27.5 Å². The van der Waals surface area contributed by atoms with Crippen LogP contribution in [0.25, 0.3) is 32.8 Å². The molecule has 0 radical (unpaired) electrons. The first-order valence-electron chi connectivity index (χ1n) is 16.9. The molecule has 4 aromatic rings. The highest BCUT2D eigenvalue weighted by molar-refractivity contribution is 6.01.